The lowest BCUT2D eigenvalue weighted by molar-refractivity contribution is -0.122. The van der Waals surface area contributed by atoms with Crippen LogP contribution in [0.3, 0.4) is 0 Å². The van der Waals surface area contributed by atoms with Gasteiger partial charge in [-0.1, -0.05) is 31.2 Å². The highest BCUT2D eigenvalue weighted by Crippen LogP contribution is 2.39. The normalized spacial score (nSPS) is 18.9. The van der Waals surface area contributed by atoms with Crippen molar-refractivity contribution in [2.75, 3.05) is 16.8 Å². The molecule has 0 atom stereocenters. The molecule has 170 valence electrons. The molecule has 0 aliphatic carbocycles. The van der Waals surface area contributed by atoms with E-state index in [1.54, 1.807) is 18.2 Å². The third-order valence-corrected chi connectivity index (χ3v) is 6.35. The zero-order valence-corrected chi connectivity index (χ0v) is 19.3. The third kappa shape index (κ3) is 3.73. The van der Waals surface area contributed by atoms with Crippen LogP contribution in [0.15, 0.2) is 48.0 Å². The van der Waals surface area contributed by atoms with E-state index in [1.807, 2.05) is 51.8 Å². The van der Waals surface area contributed by atoms with Crippen LogP contribution in [0.2, 0.25) is 0 Å². The van der Waals surface area contributed by atoms with Gasteiger partial charge in [-0.3, -0.25) is 14.9 Å². The maximum Gasteiger partial charge on any atom is 0.335 e. The number of fused-ring (bicyclic) bond motifs is 1. The minimum absolute atomic E-state index is 0.103. The van der Waals surface area contributed by atoms with Crippen LogP contribution in [0.25, 0.3) is 11.6 Å². The molecule has 7 heteroatoms. The molecule has 6 nitrogen and oxygen atoms in total. The summed E-state index contributed by atoms with van der Waals surface area (Å²) in [5.74, 6) is -2.19. The van der Waals surface area contributed by atoms with Gasteiger partial charge in [0.1, 0.15) is 11.4 Å². The van der Waals surface area contributed by atoms with E-state index in [0.29, 0.717) is 12.1 Å². The summed E-state index contributed by atoms with van der Waals surface area (Å²) in [4.78, 5) is 41.3. The molecule has 2 aromatic carbocycles. The van der Waals surface area contributed by atoms with Gasteiger partial charge in [-0.2, -0.15) is 0 Å². The van der Waals surface area contributed by atoms with Gasteiger partial charge in [-0.05, 0) is 62.6 Å². The van der Waals surface area contributed by atoms with E-state index in [4.69, 9.17) is 0 Å². The molecule has 0 spiro atoms. The first-order chi connectivity index (χ1) is 15.5. The summed E-state index contributed by atoms with van der Waals surface area (Å²) in [5, 5.41) is 2.21. The Labute approximate surface area is 192 Å². The molecule has 4 amide bonds. The minimum Gasteiger partial charge on any atom is -0.365 e. The van der Waals surface area contributed by atoms with Crippen molar-refractivity contribution in [1.82, 2.24) is 5.32 Å². The Balaban J connectivity index is 1.81. The molecule has 0 unspecified atom stereocenters. The summed E-state index contributed by atoms with van der Waals surface area (Å²) in [6, 6.07) is 9.22. The SMILES string of the molecule is CCc1ccccc1N1C(=O)NC(=O)/C(=C/c2cc3c(cc2F)N(C)C(C)(C)C=C3C)C1=O. The van der Waals surface area contributed by atoms with Crippen LogP contribution in [-0.4, -0.2) is 30.4 Å². The van der Waals surface area contributed by atoms with Crippen LogP contribution in [0.1, 0.15) is 44.4 Å². The van der Waals surface area contributed by atoms with Crippen LogP contribution in [0.4, 0.5) is 20.6 Å². The molecule has 2 aliphatic heterocycles. The Bertz CT molecular complexity index is 1260. The van der Waals surface area contributed by atoms with Gasteiger partial charge >= 0.3 is 6.03 Å². The number of rotatable bonds is 3. The molecule has 0 radical (unpaired) electrons. The zero-order valence-electron chi connectivity index (χ0n) is 19.3. The van der Waals surface area contributed by atoms with Gasteiger partial charge in [0, 0.05) is 23.9 Å². The first kappa shape index (κ1) is 22.5. The quantitative estimate of drug-likeness (QED) is 0.548. The second-order valence-corrected chi connectivity index (χ2v) is 8.87. The van der Waals surface area contributed by atoms with Gasteiger partial charge in [0.2, 0.25) is 0 Å². The Morgan fingerprint density at radius 1 is 1.09 bits per heavy atom. The molecule has 2 heterocycles. The molecule has 1 N–H and O–H groups in total. The number of carbonyl (C=O) groups is 3. The Morgan fingerprint density at radius 2 is 1.79 bits per heavy atom. The van der Waals surface area contributed by atoms with Crippen molar-refractivity contribution < 1.29 is 18.8 Å². The van der Waals surface area contributed by atoms with Crippen LogP contribution >= 0.6 is 0 Å². The number of nitrogens with one attached hydrogen (secondary N) is 1. The number of barbiturate groups is 1. The maximum absolute atomic E-state index is 15.1. The predicted molar refractivity (Wildman–Crippen MR) is 127 cm³/mol. The Morgan fingerprint density at radius 3 is 2.48 bits per heavy atom. The summed E-state index contributed by atoms with van der Waals surface area (Å²) in [6.07, 6.45) is 3.90. The van der Waals surface area contributed by atoms with Gasteiger partial charge < -0.3 is 4.90 Å². The van der Waals surface area contributed by atoms with Crippen LogP contribution < -0.4 is 15.1 Å². The second-order valence-electron chi connectivity index (χ2n) is 8.87. The average molecular weight is 448 g/mol. The van der Waals surface area contributed by atoms with Crippen molar-refractivity contribution in [3.63, 3.8) is 0 Å². The van der Waals surface area contributed by atoms with Crippen molar-refractivity contribution in [1.29, 1.82) is 0 Å². The number of urea groups is 1. The average Bonchev–Trinajstić information content (AvgIpc) is 2.75. The number of allylic oxidation sites excluding steroid dienone is 1. The van der Waals surface area contributed by atoms with Crippen LogP contribution in [0.5, 0.6) is 0 Å². The number of imide groups is 2. The number of likely N-dealkylation sites (N-methyl/N-ethyl adjacent to an activating group) is 1. The standard InChI is InChI=1S/C26H26FN3O3/c1-6-16-9-7-8-10-21(16)30-24(32)19(23(31)28-25(30)33)12-17-11-18-15(2)14-26(3,4)29(5)22(18)13-20(17)27/h7-14H,6H2,1-5H3,(H,28,31,33)/b19-12-. The maximum atomic E-state index is 15.1. The van der Waals surface area contributed by atoms with E-state index in [9.17, 15) is 14.4 Å². The molecular weight excluding hydrogens is 421 g/mol. The monoisotopic (exact) mass is 447 g/mol. The molecule has 1 saturated heterocycles. The van der Waals surface area contributed by atoms with E-state index in [2.05, 4.69) is 11.4 Å². The third-order valence-electron chi connectivity index (χ3n) is 6.35. The van der Waals surface area contributed by atoms with E-state index in [0.717, 1.165) is 27.3 Å². The number of nitrogens with zero attached hydrogens (tertiary/aromatic N) is 2. The fraction of sp³-hybridized carbons (Fsp3) is 0.269. The van der Waals surface area contributed by atoms with Gasteiger partial charge in [0.05, 0.1) is 11.2 Å². The number of benzene rings is 2. The summed E-state index contributed by atoms with van der Waals surface area (Å²) < 4.78 is 15.1. The van der Waals surface area contributed by atoms with Gasteiger partial charge in [0.25, 0.3) is 11.8 Å². The van der Waals surface area contributed by atoms with Crippen molar-refractivity contribution in [3.8, 4) is 0 Å². The number of aryl methyl sites for hydroxylation is 1. The molecule has 1 fully saturated rings. The highest BCUT2D eigenvalue weighted by atomic mass is 19.1. The first-order valence-corrected chi connectivity index (χ1v) is 10.8. The van der Waals surface area contributed by atoms with Crippen molar-refractivity contribution in [3.05, 3.63) is 70.6 Å². The number of halogens is 1. The lowest BCUT2D eigenvalue weighted by Crippen LogP contribution is -2.54. The minimum atomic E-state index is -0.849. The molecule has 2 aromatic rings. The highest BCUT2D eigenvalue weighted by Gasteiger charge is 2.38. The Kier molecular flexibility index (Phi) is 5.44. The second kappa shape index (κ2) is 7.99. The van der Waals surface area contributed by atoms with Gasteiger partial charge in [0.15, 0.2) is 0 Å². The summed E-state index contributed by atoms with van der Waals surface area (Å²) >= 11 is 0. The molecule has 33 heavy (non-hydrogen) atoms. The largest absolute Gasteiger partial charge is 0.365 e. The molecule has 4 rings (SSSR count). The fourth-order valence-electron chi connectivity index (χ4n) is 4.36. The molecule has 0 bridgehead atoms. The molecule has 0 aromatic heterocycles. The van der Waals surface area contributed by atoms with Crippen molar-refractivity contribution in [2.24, 2.45) is 0 Å². The number of anilines is 2. The van der Waals surface area contributed by atoms with E-state index in [-0.39, 0.29) is 16.7 Å². The van der Waals surface area contributed by atoms with E-state index >= 15 is 4.39 Å². The molecular formula is C26H26FN3O3. The Hall–Kier alpha value is -3.74. The lowest BCUT2D eigenvalue weighted by Gasteiger charge is -2.40. The highest BCUT2D eigenvalue weighted by molar-refractivity contribution is 6.39. The summed E-state index contributed by atoms with van der Waals surface area (Å²) in [6.45, 7) is 7.93. The van der Waals surface area contributed by atoms with E-state index in [1.165, 1.54) is 12.1 Å². The van der Waals surface area contributed by atoms with Gasteiger partial charge in [-0.15, -0.1) is 0 Å². The topological polar surface area (TPSA) is 69.7 Å². The summed E-state index contributed by atoms with van der Waals surface area (Å²) in [7, 11) is 1.89. The smallest absolute Gasteiger partial charge is 0.335 e. The molecule has 0 saturated carbocycles. The number of hydrogen-bond acceptors (Lipinski definition) is 4. The number of amides is 4. The van der Waals surface area contributed by atoms with Crippen molar-refractivity contribution >= 4 is 40.9 Å². The number of para-hydroxylation sites is 1. The first-order valence-electron chi connectivity index (χ1n) is 10.8. The van der Waals surface area contributed by atoms with Crippen LogP contribution in [-0.2, 0) is 16.0 Å². The number of hydrogen-bond donors (Lipinski definition) is 1. The zero-order chi connectivity index (χ0) is 24.1. The van der Waals surface area contributed by atoms with Crippen molar-refractivity contribution in [2.45, 2.75) is 39.7 Å². The fourth-order valence-corrected chi connectivity index (χ4v) is 4.36. The lowest BCUT2D eigenvalue weighted by atomic mass is 9.88. The predicted octanol–water partition coefficient (Wildman–Crippen LogP) is 4.69. The van der Waals surface area contributed by atoms with Crippen LogP contribution in [0, 0.1) is 5.82 Å². The number of carbonyl (C=O) groups excluding carboxylic acids is 3. The van der Waals surface area contributed by atoms with E-state index < -0.39 is 23.7 Å². The summed E-state index contributed by atoms with van der Waals surface area (Å²) in [5.41, 5.74) is 3.22. The van der Waals surface area contributed by atoms with Gasteiger partial charge in [-0.25, -0.2) is 14.1 Å². The molecule has 2 aliphatic rings.